The molecular weight excluding hydrogens is 382 g/mol. The summed E-state index contributed by atoms with van der Waals surface area (Å²) in [5.74, 6) is 2.24. The number of rotatable bonds is 5. The van der Waals surface area contributed by atoms with Crippen LogP contribution in [0, 0.1) is 6.92 Å². The van der Waals surface area contributed by atoms with E-state index in [1.807, 2.05) is 41.9 Å². The maximum Gasteiger partial charge on any atom is 0.249 e. The molecule has 0 aliphatic heterocycles. The van der Waals surface area contributed by atoms with E-state index in [0.29, 0.717) is 22.6 Å². The Balaban J connectivity index is 1.50. The Bertz CT molecular complexity index is 1090. The predicted molar refractivity (Wildman–Crippen MR) is 105 cm³/mol. The summed E-state index contributed by atoms with van der Waals surface area (Å²) in [7, 11) is 1.95. The van der Waals surface area contributed by atoms with Gasteiger partial charge < -0.3 is 8.98 Å². The van der Waals surface area contributed by atoms with Crippen LogP contribution in [0.25, 0.3) is 22.8 Å². The minimum Gasteiger partial charge on any atom is -0.420 e. The average Bonchev–Trinajstić information content (AvgIpc) is 3.27. The first-order chi connectivity index (χ1) is 13.1. The van der Waals surface area contributed by atoms with E-state index in [1.54, 1.807) is 6.07 Å². The maximum atomic E-state index is 6.18. The first-order valence-electron chi connectivity index (χ1n) is 8.28. The fraction of sp³-hybridized carbons (Fsp3) is 0.158. The third-order valence-corrected chi connectivity index (χ3v) is 5.34. The molecule has 0 saturated heterocycles. The molecule has 2 heterocycles. The first-order valence-corrected chi connectivity index (χ1v) is 9.64. The lowest BCUT2D eigenvalue weighted by Gasteiger charge is -2.03. The number of thioether (sulfide) groups is 1. The highest BCUT2D eigenvalue weighted by atomic mass is 35.5. The number of hydrogen-bond acceptors (Lipinski definition) is 6. The molecule has 0 radical (unpaired) electrons. The number of halogens is 1. The highest BCUT2D eigenvalue weighted by Gasteiger charge is 2.15. The van der Waals surface area contributed by atoms with Gasteiger partial charge in [-0.05, 0) is 25.1 Å². The van der Waals surface area contributed by atoms with Gasteiger partial charge in [0.15, 0.2) is 11.0 Å². The molecule has 2 aromatic carbocycles. The zero-order chi connectivity index (χ0) is 18.8. The van der Waals surface area contributed by atoms with E-state index < -0.39 is 0 Å². The van der Waals surface area contributed by atoms with Crippen LogP contribution in [0.2, 0.25) is 5.02 Å². The molecule has 0 atom stereocenters. The van der Waals surface area contributed by atoms with Gasteiger partial charge in [0, 0.05) is 12.6 Å². The van der Waals surface area contributed by atoms with Crippen LogP contribution in [0.4, 0.5) is 0 Å². The molecule has 0 bridgehead atoms. The zero-order valence-corrected chi connectivity index (χ0v) is 16.3. The topological polar surface area (TPSA) is 69.6 Å². The number of benzene rings is 2. The molecule has 27 heavy (non-hydrogen) atoms. The van der Waals surface area contributed by atoms with Gasteiger partial charge >= 0.3 is 0 Å². The van der Waals surface area contributed by atoms with E-state index in [2.05, 4.69) is 39.5 Å². The summed E-state index contributed by atoms with van der Waals surface area (Å²) in [6.45, 7) is 2.06. The molecule has 0 aliphatic rings. The second-order valence-electron chi connectivity index (χ2n) is 6.00. The second-order valence-corrected chi connectivity index (χ2v) is 7.35. The minimum atomic E-state index is 0.412. The number of hydrogen-bond donors (Lipinski definition) is 0. The van der Waals surface area contributed by atoms with Crippen molar-refractivity contribution in [2.24, 2.45) is 7.05 Å². The summed E-state index contributed by atoms with van der Waals surface area (Å²) in [4.78, 5) is 0. The third-order valence-electron chi connectivity index (χ3n) is 4.01. The smallest absolute Gasteiger partial charge is 0.249 e. The van der Waals surface area contributed by atoms with Gasteiger partial charge in [0.05, 0.1) is 16.3 Å². The van der Waals surface area contributed by atoms with Gasteiger partial charge in [-0.2, -0.15) is 0 Å². The summed E-state index contributed by atoms with van der Waals surface area (Å²) >= 11 is 7.67. The van der Waals surface area contributed by atoms with Crippen molar-refractivity contribution in [3.8, 4) is 22.8 Å². The molecule has 8 heteroatoms. The maximum absolute atomic E-state index is 6.18. The van der Waals surface area contributed by atoms with Gasteiger partial charge in [-0.25, -0.2) is 0 Å². The molecule has 0 saturated carbocycles. The van der Waals surface area contributed by atoms with Crippen molar-refractivity contribution in [3.05, 3.63) is 65.0 Å². The molecule has 0 N–H and O–H groups in total. The van der Waals surface area contributed by atoms with Crippen molar-refractivity contribution >= 4 is 23.4 Å². The van der Waals surface area contributed by atoms with Crippen molar-refractivity contribution in [2.75, 3.05) is 0 Å². The van der Waals surface area contributed by atoms with E-state index in [9.17, 15) is 0 Å². The summed E-state index contributed by atoms with van der Waals surface area (Å²) in [5.41, 5.74) is 2.95. The third kappa shape index (κ3) is 3.74. The molecular formula is C19H16ClN5OS. The largest absolute Gasteiger partial charge is 0.420 e. The number of aryl methyl sites for hydroxylation is 1. The average molecular weight is 398 g/mol. The Morgan fingerprint density at radius 1 is 1.04 bits per heavy atom. The van der Waals surface area contributed by atoms with E-state index in [1.165, 1.54) is 17.3 Å². The van der Waals surface area contributed by atoms with Crippen LogP contribution in [0.5, 0.6) is 0 Å². The van der Waals surface area contributed by atoms with Gasteiger partial charge in [0.2, 0.25) is 11.8 Å². The van der Waals surface area contributed by atoms with Crippen LogP contribution in [-0.2, 0) is 12.8 Å². The predicted octanol–water partition coefficient (Wildman–Crippen LogP) is 4.79. The molecule has 0 aliphatic carbocycles. The minimum absolute atomic E-state index is 0.412. The van der Waals surface area contributed by atoms with Crippen LogP contribution in [0.3, 0.4) is 0 Å². The molecule has 4 rings (SSSR count). The van der Waals surface area contributed by atoms with E-state index in [-0.39, 0.29) is 0 Å². The lowest BCUT2D eigenvalue weighted by molar-refractivity contribution is 0.528. The van der Waals surface area contributed by atoms with Crippen LogP contribution in [0.1, 0.15) is 11.5 Å². The SMILES string of the molecule is Cc1cccc(-c2nnc(SCc3nnc(-c4ccccc4Cl)o3)n2C)c1. The summed E-state index contributed by atoms with van der Waals surface area (Å²) in [6, 6.07) is 15.6. The van der Waals surface area contributed by atoms with Crippen molar-refractivity contribution in [1.29, 1.82) is 0 Å². The fourth-order valence-corrected chi connectivity index (χ4v) is 3.62. The first kappa shape index (κ1) is 17.8. The van der Waals surface area contributed by atoms with E-state index in [4.69, 9.17) is 16.0 Å². The summed E-state index contributed by atoms with van der Waals surface area (Å²) < 4.78 is 7.70. The highest BCUT2D eigenvalue weighted by Crippen LogP contribution is 2.29. The van der Waals surface area contributed by atoms with Crippen LogP contribution in [0.15, 0.2) is 58.1 Å². The highest BCUT2D eigenvalue weighted by molar-refractivity contribution is 7.98. The van der Waals surface area contributed by atoms with Crippen molar-refractivity contribution in [3.63, 3.8) is 0 Å². The molecule has 0 unspecified atom stereocenters. The lowest BCUT2D eigenvalue weighted by atomic mass is 10.1. The molecule has 136 valence electrons. The zero-order valence-electron chi connectivity index (χ0n) is 14.8. The fourth-order valence-electron chi connectivity index (χ4n) is 2.66. The van der Waals surface area contributed by atoms with Crippen LogP contribution in [-0.4, -0.2) is 25.0 Å². The van der Waals surface area contributed by atoms with Gasteiger partial charge in [-0.3, -0.25) is 0 Å². The lowest BCUT2D eigenvalue weighted by Crippen LogP contribution is -1.95. The van der Waals surface area contributed by atoms with Crippen LogP contribution >= 0.6 is 23.4 Å². The molecule has 0 amide bonds. The summed E-state index contributed by atoms with van der Waals surface area (Å²) in [5, 5.41) is 18.1. The second kappa shape index (κ2) is 7.54. The Morgan fingerprint density at radius 2 is 1.89 bits per heavy atom. The Morgan fingerprint density at radius 3 is 2.70 bits per heavy atom. The van der Waals surface area contributed by atoms with E-state index in [0.717, 1.165) is 22.1 Å². The van der Waals surface area contributed by atoms with Crippen LogP contribution < -0.4 is 0 Å². The molecule has 2 aromatic heterocycles. The van der Waals surface area contributed by atoms with Gasteiger partial charge in [0.25, 0.3) is 0 Å². The van der Waals surface area contributed by atoms with Gasteiger partial charge in [-0.15, -0.1) is 20.4 Å². The Kier molecular flexibility index (Phi) is 4.96. The van der Waals surface area contributed by atoms with Crippen molar-refractivity contribution in [2.45, 2.75) is 17.8 Å². The van der Waals surface area contributed by atoms with Crippen molar-refractivity contribution in [1.82, 2.24) is 25.0 Å². The molecule has 0 fully saturated rings. The quantitative estimate of drug-likeness (QED) is 0.451. The standard InChI is InChI=1S/C19H16ClN5OS/c1-12-6-5-7-13(10-12)17-22-24-19(25(17)2)27-11-16-21-23-18(26-16)14-8-3-4-9-15(14)20/h3-10H,11H2,1-2H3. The normalized spacial score (nSPS) is 11.1. The Hall–Kier alpha value is -2.64. The molecule has 6 nitrogen and oxygen atoms in total. The van der Waals surface area contributed by atoms with E-state index >= 15 is 0 Å². The molecule has 0 spiro atoms. The van der Waals surface area contributed by atoms with Crippen molar-refractivity contribution < 1.29 is 4.42 Å². The number of aromatic nitrogens is 5. The van der Waals surface area contributed by atoms with Gasteiger partial charge in [0.1, 0.15) is 0 Å². The Labute approximate surface area is 165 Å². The monoisotopic (exact) mass is 397 g/mol. The summed E-state index contributed by atoms with van der Waals surface area (Å²) in [6.07, 6.45) is 0. The number of nitrogens with zero attached hydrogens (tertiary/aromatic N) is 5. The van der Waals surface area contributed by atoms with Gasteiger partial charge in [-0.1, -0.05) is 59.3 Å². The molecule has 4 aromatic rings.